The van der Waals surface area contributed by atoms with Crippen LogP contribution in [-0.4, -0.2) is 29.5 Å². The number of carbonyl (C=O) groups is 1. The molecule has 0 N–H and O–H groups in total. The molecule has 1 heterocycles. The molecule has 1 saturated heterocycles. The third-order valence-corrected chi connectivity index (χ3v) is 5.11. The second-order valence-corrected chi connectivity index (χ2v) is 6.89. The summed E-state index contributed by atoms with van der Waals surface area (Å²) in [5.41, 5.74) is 2.53. The van der Waals surface area contributed by atoms with E-state index in [1.807, 2.05) is 31.2 Å². The van der Waals surface area contributed by atoms with Crippen LogP contribution in [0.2, 0.25) is 0 Å². The van der Waals surface area contributed by atoms with Gasteiger partial charge >= 0.3 is 6.36 Å². The maximum atomic E-state index is 12.7. The van der Waals surface area contributed by atoms with Crippen molar-refractivity contribution in [3.8, 4) is 5.75 Å². The fourth-order valence-corrected chi connectivity index (χ4v) is 3.91. The van der Waals surface area contributed by atoms with Gasteiger partial charge in [-0.05, 0) is 36.8 Å². The minimum absolute atomic E-state index is 0.0841. The summed E-state index contributed by atoms with van der Waals surface area (Å²) in [5.74, 6) is 0.281. The quantitative estimate of drug-likeness (QED) is 0.782. The van der Waals surface area contributed by atoms with E-state index in [0.717, 1.165) is 29.0 Å². The monoisotopic (exact) mass is 367 g/mol. The summed E-state index contributed by atoms with van der Waals surface area (Å²) in [6.07, 6.45) is -4.74. The largest absolute Gasteiger partial charge is 0.573 e. The van der Waals surface area contributed by atoms with E-state index < -0.39 is 6.36 Å². The number of aryl methyl sites for hydroxylation is 1. The minimum atomic E-state index is -4.74. The summed E-state index contributed by atoms with van der Waals surface area (Å²) in [6.45, 7) is 2.60. The van der Waals surface area contributed by atoms with Gasteiger partial charge < -0.3 is 9.64 Å². The predicted octanol–water partition coefficient (Wildman–Crippen LogP) is 4.78. The Hall–Kier alpha value is -2.15. The molecule has 1 unspecified atom stereocenters. The number of halogens is 3. The van der Waals surface area contributed by atoms with Crippen LogP contribution >= 0.6 is 11.8 Å². The first kappa shape index (κ1) is 17.7. The molecule has 0 spiro atoms. The van der Waals surface area contributed by atoms with Crippen LogP contribution in [0.4, 0.5) is 13.2 Å². The van der Waals surface area contributed by atoms with Crippen LogP contribution in [0.3, 0.4) is 0 Å². The van der Waals surface area contributed by atoms with Gasteiger partial charge in [0.05, 0.1) is 0 Å². The Morgan fingerprint density at radius 1 is 1.12 bits per heavy atom. The first-order valence-corrected chi connectivity index (χ1v) is 8.73. The molecular weight excluding hydrogens is 351 g/mol. The van der Waals surface area contributed by atoms with Crippen molar-refractivity contribution in [1.29, 1.82) is 0 Å². The molecular formula is C18H16F3NO2S. The Morgan fingerprint density at radius 3 is 2.36 bits per heavy atom. The molecule has 3 rings (SSSR count). The summed E-state index contributed by atoms with van der Waals surface area (Å²) < 4.78 is 40.5. The predicted molar refractivity (Wildman–Crippen MR) is 90.5 cm³/mol. The molecule has 0 bridgehead atoms. The number of alkyl halides is 3. The topological polar surface area (TPSA) is 29.5 Å². The molecule has 1 atom stereocenters. The van der Waals surface area contributed by atoms with Crippen molar-refractivity contribution in [2.45, 2.75) is 18.7 Å². The van der Waals surface area contributed by atoms with Crippen molar-refractivity contribution >= 4 is 17.7 Å². The molecule has 0 radical (unpaired) electrons. The minimum Gasteiger partial charge on any atom is -0.406 e. The molecule has 1 aliphatic rings. The van der Waals surface area contributed by atoms with Crippen molar-refractivity contribution in [3.05, 3.63) is 65.2 Å². The summed E-state index contributed by atoms with van der Waals surface area (Å²) >= 11 is 1.68. The number of carbonyl (C=O) groups excluding carboxylic acids is 1. The third kappa shape index (κ3) is 4.28. The normalized spacial score (nSPS) is 17.6. The highest BCUT2D eigenvalue weighted by molar-refractivity contribution is 7.99. The first-order chi connectivity index (χ1) is 11.8. The summed E-state index contributed by atoms with van der Waals surface area (Å²) in [4.78, 5) is 14.5. The number of hydrogen-bond donors (Lipinski definition) is 0. The zero-order valence-electron chi connectivity index (χ0n) is 13.4. The highest BCUT2D eigenvalue weighted by Crippen LogP contribution is 2.39. The molecule has 1 amide bonds. The zero-order valence-corrected chi connectivity index (χ0v) is 14.2. The van der Waals surface area contributed by atoms with Crippen LogP contribution in [0.15, 0.2) is 48.5 Å². The van der Waals surface area contributed by atoms with E-state index in [2.05, 4.69) is 4.74 Å². The molecule has 1 fully saturated rings. The number of hydrogen-bond acceptors (Lipinski definition) is 3. The van der Waals surface area contributed by atoms with E-state index in [-0.39, 0.29) is 17.0 Å². The zero-order chi connectivity index (χ0) is 18.0. The highest BCUT2D eigenvalue weighted by Gasteiger charge is 2.32. The van der Waals surface area contributed by atoms with Crippen LogP contribution in [0, 0.1) is 6.92 Å². The van der Waals surface area contributed by atoms with Gasteiger partial charge in [0.25, 0.3) is 5.91 Å². The fraction of sp³-hybridized carbons (Fsp3) is 0.278. The van der Waals surface area contributed by atoms with Gasteiger partial charge in [-0.25, -0.2) is 0 Å². The van der Waals surface area contributed by atoms with Crippen molar-refractivity contribution in [2.24, 2.45) is 0 Å². The van der Waals surface area contributed by atoms with Gasteiger partial charge in [0.1, 0.15) is 11.1 Å². The maximum absolute atomic E-state index is 12.7. The number of amides is 1. The number of nitrogens with zero attached hydrogens (tertiary/aromatic N) is 1. The Balaban J connectivity index is 1.76. The van der Waals surface area contributed by atoms with Crippen LogP contribution in [0.25, 0.3) is 0 Å². The lowest BCUT2D eigenvalue weighted by Gasteiger charge is -2.24. The van der Waals surface area contributed by atoms with Gasteiger partial charge in [0, 0.05) is 17.9 Å². The van der Waals surface area contributed by atoms with Crippen LogP contribution in [0.5, 0.6) is 5.75 Å². The summed E-state index contributed by atoms with van der Waals surface area (Å²) in [7, 11) is 0. The second-order valence-electron chi connectivity index (χ2n) is 5.70. The Morgan fingerprint density at radius 2 is 1.76 bits per heavy atom. The number of ether oxygens (including phenoxy) is 1. The van der Waals surface area contributed by atoms with Crippen molar-refractivity contribution in [3.63, 3.8) is 0 Å². The SMILES string of the molecule is Cc1ccc(C2SCCN2C(=O)c2ccc(OC(F)(F)F)cc2)cc1. The average Bonchev–Trinajstić information content (AvgIpc) is 3.04. The Kier molecular flexibility index (Phi) is 4.94. The molecule has 3 nitrogen and oxygen atoms in total. The second kappa shape index (κ2) is 7.00. The number of thioether (sulfide) groups is 1. The van der Waals surface area contributed by atoms with Crippen LogP contribution < -0.4 is 4.74 Å². The van der Waals surface area contributed by atoms with E-state index in [1.54, 1.807) is 16.7 Å². The van der Waals surface area contributed by atoms with Gasteiger partial charge in [-0.1, -0.05) is 29.8 Å². The third-order valence-electron chi connectivity index (χ3n) is 3.85. The Labute approximate surface area is 147 Å². The van der Waals surface area contributed by atoms with E-state index in [1.165, 1.54) is 12.1 Å². The van der Waals surface area contributed by atoms with Gasteiger partial charge in [0.2, 0.25) is 0 Å². The Bertz CT molecular complexity index is 744. The molecule has 0 aromatic heterocycles. The van der Waals surface area contributed by atoms with Crippen LogP contribution in [0.1, 0.15) is 26.9 Å². The van der Waals surface area contributed by atoms with Gasteiger partial charge in [-0.3, -0.25) is 4.79 Å². The van der Waals surface area contributed by atoms with Crippen LogP contribution in [-0.2, 0) is 0 Å². The lowest BCUT2D eigenvalue weighted by atomic mass is 10.1. The molecule has 1 aliphatic heterocycles. The van der Waals surface area contributed by atoms with Crippen molar-refractivity contribution in [2.75, 3.05) is 12.3 Å². The molecule has 0 aliphatic carbocycles. The van der Waals surface area contributed by atoms with E-state index in [9.17, 15) is 18.0 Å². The van der Waals surface area contributed by atoms with E-state index >= 15 is 0 Å². The fourth-order valence-electron chi connectivity index (χ4n) is 2.65. The van der Waals surface area contributed by atoms with E-state index in [4.69, 9.17) is 0 Å². The van der Waals surface area contributed by atoms with Gasteiger partial charge in [-0.2, -0.15) is 0 Å². The standard InChI is InChI=1S/C18H16F3NO2S/c1-12-2-4-14(5-3-12)17-22(10-11-25-17)16(23)13-6-8-15(9-7-13)24-18(19,20)21/h2-9,17H,10-11H2,1H3. The van der Waals surface area contributed by atoms with Crippen molar-refractivity contribution < 1.29 is 22.7 Å². The van der Waals surface area contributed by atoms with Gasteiger partial charge in [0.15, 0.2) is 0 Å². The molecule has 0 saturated carbocycles. The van der Waals surface area contributed by atoms with E-state index in [0.29, 0.717) is 12.1 Å². The first-order valence-electron chi connectivity index (χ1n) is 7.68. The summed E-state index contributed by atoms with van der Waals surface area (Å²) in [6, 6.07) is 13.0. The maximum Gasteiger partial charge on any atom is 0.573 e. The molecule has 132 valence electrons. The van der Waals surface area contributed by atoms with Crippen molar-refractivity contribution in [1.82, 2.24) is 4.90 Å². The molecule has 2 aromatic carbocycles. The highest BCUT2D eigenvalue weighted by atomic mass is 32.2. The lowest BCUT2D eigenvalue weighted by Crippen LogP contribution is -2.30. The number of benzene rings is 2. The van der Waals surface area contributed by atoms with Gasteiger partial charge in [-0.15, -0.1) is 24.9 Å². The molecule has 2 aromatic rings. The lowest BCUT2D eigenvalue weighted by molar-refractivity contribution is -0.274. The average molecular weight is 367 g/mol. The summed E-state index contributed by atoms with van der Waals surface area (Å²) in [5, 5.41) is -0.0841. The smallest absolute Gasteiger partial charge is 0.406 e. The number of rotatable bonds is 3. The molecule has 25 heavy (non-hydrogen) atoms. The molecule has 7 heteroatoms.